The molecule has 6 heteroatoms. The van der Waals surface area contributed by atoms with Gasteiger partial charge >= 0.3 is 0 Å². The minimum atomic E-state index is -0.0641. The smallest absolute Gasteiger partial charge is 0.193 e. The molecule has 19 heavy (non-hydrogen) atoms. The summed E-state index contributed by atoms with van der Waals surface area (Å²) in [6.07, 6.45) is 4.80. The van der Waals surface area contributed by atoms with Gasteiger partial charge in [0.1, 0.15) is 0 Å². The van der Waals surface area contributed by atoms with Gasteiger partial charge in [-0.05, 0) is 19.9 Å². The van der Waals surface area contributed by atoms with Gasteiger partial charge in [-0.15, -0.1) is 11.3 Å². The minimum absolute atomic E-state index is 0.0641. The number of hydrogen-bond donors (Lipinski definition) is 1. The third kappa shape index (κ3) is 2.29. The lowest BCUT2D eigenvalue weighted by Crippen LogP contribution is -2.18. The van der Waals surface area contributed by atoms with Crippen molar-refractivity contribution in [3.05, 3.63) is 40.9 Å². The van der Waals surface area contributed by atoms with Crippen molar-refractivity contribution >= 4 is 16.3 Å². The van der Waals surface area contributed by atoms with Gasteiger partial charge in [-0.2, -0.15) is 5.10 Å². The van der Waals surface area contributed by atoms with Gasteiger partial charge in [0, 0.05) is 30.7 Å². The van der Waals surface area contributed by atoms with E-state index in [0.717, 1.165) is 35.0 Å². The van der Waals surface area contributed by atoms with E-state index in [1.54, 1.807) is 11.3 Å². The molecule has 3 aromatic rings. The van der Waals surface area contributed by atoms with Crippen molar-refractivity contribution in [2.45, 2.75) is 32.9 Å². The van der Waals surface area contributed by atoms with Gasteiger partial charge in [-0.25, -0.2) is 4.98 Å². The first-order chi connectivity index (χ1) is 9.17. The fraction of sp³-hybridized carbons (Fsp3) is 0.385. The molecule has 0 aliphatic carbocycles. The molecule has 0 saturated carbocycles. The predicted molar refractivity (Wildman–Crippen MR) is 76.3 cm³/mol. The lowest BCUT2D eigenvalue weighted by molar-refractivity contribution is 0.564. The van der Waals surface area contributed by atoms with E-state index in [1.165, 1.54) is 0 Å². The Balaban J connectivity index is 1.83. The van der Waals surface area contributed by atoms with Gasteiger partial charge in [0.2, 0.25) is 0 Å². The highest BCUT2D eigenvalue weighted by Crippen LogP contribution is 2.19. The molecule has 1 atom stereocenters. The molecule has 3 rings (SSSR count). The quantitative estimate of drug-likeness (QED) is 0.793. The summed E-state index contributed by atoms with van der Waals surface area (Å²) in [7, 11) is 0. The van der Waals surface area contributed by atoms with Gasteiger partial charge < -0.3 is 5.73 Å². The van der Waals surface area contributed by atoms with Crippen LogP contribution in [0.15, 0.2) is 23.8 Å². The van der Waals surface area contributed by atoms with Gasteiger partial charge in [0.05, 0.1) is 23.1 Å². The Hall–Kier alpha value is -1.66. The summed E-state index contributed by atoms with van der Waals surface area (Å²) < 4.78 is 4.01. The van der Waals surface area contributed by atoms with E-state index in [0.29, 0.717) is 0 Å². The number of fused-ring (bicyclic) bond motifs is 1. The lowest BCUT2D eigenvalue weighted by atomic mass is 10.1. The molecular formula is C13H17N5S. The van der Waals surface area contributed by atoms with Crippen LogP contribution in [0.3, 0.4) is 0 Å². The zero-order chi connectivity index (χ0) is 13.4. The van der Waals surface area contributed by atoms with Crippen molar-refractivity contribution < 1.29 is 0 Å². The number of thiazole rings is 1. The molecule has 0 radical (unpaired) electrons. The van der Waals surface area contributed by atoms with Crippen molar-refractivity contribution in [1.82, 2.24) is 19.2 Å². The van der Waals surface area contributed by atoms with Gasteiger partial charge in [0.25, 0.3) is 0 Å². The van der Waals surface area contributed by atoms with Crippen LogP contribution >= 0.6 is 11.3 Å². The second kappa shape index (κ2) is 4.79. The van der Waals surface area contributed by atoms with E-state index in [1.807, 2.05) is 33.8 Å². The Morgan fingerprint density at radius 1 is 1.47 bits per heavy atom. The predicted octanol–water partition coefficient (Wildman–Crippen LogP) is 2.16. The maximum Gasteiger partial charge on any atom is 0.193 e. The molecule has 0 amide bonds. The molecule has 2 N–H and O–H groups in total. The summed E-state index contributed by atoms with van der Waals surface area (Å²) in [6.45, 7) is 4.92. The Morgan fingerprint density at radius 2 is 2.32 bits per heavy atom. The zero-order valence-electron chi connectivity index (χ0n) is 11.1. The van der Waals surface area contributed by atoms with E-state index in [-0.39, 0.29) is 6.04 Å². The van der Waals surface area contributed by atoms with E-state index in [2.05, 4.69) is 23.1 Å². The first-order valence-electron chi connectivity index (χ1n) is 6.38. The average molecular weight is 275 g/mol. The molecule has 0 aromatic carbocycles. The van der Waals surface area contributed by atoms with Crippen LogP contribution in [0.5, 0.6) is 0 Å². The van der Waals surface area contributed by atoms with Crippen LogP contribution in [-0.2, 0) is 13.0 Å². The van der Waals surface area contributed by atoms with Crippen molar-refractivity contribution in [2.75, 3.05) is 0 Å². The Labute approximate surface area is 115 Å². The van der Waals surface area contributed by atoms with Crippen LogP contribution in [0.2, 0.25) is 0 Å². The lowest BCUT2D eigenvalue weighted by Gasteiger charge is -2.11. The fourth-order valence-corrected chi connectivity index (χ4v) is 3.04. The summed E-state index contributed by atoms with van der Waals surface area (Å²) in [4.78, 5) is 5.59. The molecule has 0 spiro atoms. The number of imidazole rings is 1. The number of aromatic nitrogens is 4. The molecule has 0 aliphatic heterocycles. The highest BCUT2D eigenvalue weighted by atomic mass is 32.1. The number of rotatable bonds is 4. The standard InChI is InChI=1S/C13H17N5S/c1-3-18-12(6-9(2)16-18)11(14)7-10-8-17-4-5-19-13(17)15-10/h4-6,8,11H,3,7,14H2,1-2H3. The summed E-state index contributed by atoms with van der Waals surface area (Å²) >= 11 is 1.64. The largest absolute Gasteiger partial charge is 0.322 e. The SMILES string of the molecule is CCn1nc(C)cc1C(N)Cc1cn2ccsc2n1. The first-order valence-corrected chi connectivity index (χ1v) is 7.26. The third-order valence-corrected chi connectivity index (χ3v) is 3.96. The second-order valence-electron chi connectivity index (χ2n) is 4.66. The molecular weight excluding hydrogens is 258 g/mol. The normalized spacial score (nSPS) is 13.2. The summed E-state index contributed by atoms with van der Waals surface area (Å²) in [5.74, 6) is 0. The molecule has 0 saturated heterocycles. The van der Waals surface area contributed by atoms with Gasteiger partial charge in [-0.1, -0.05) is 0 Å². The van der Waals surface area contributed by atoms with Crippen LogP contribution in [0, 0.1) is 6.92 Å². The zero-order valence-corrected chi connectivity index (χ0v) is 11.9. The van der Waals surface area contributed by atoms with Gasteiger partial charge in [0.15, 0.2) is 4.96 Å². The monoisotopic (exact) mass is 275 g/mol. The summed E-state index contributed by atoms with van der Waals surface area (Å²) in [5, 5.41) is 6.47. The van der Waals surface area contributed by atoms with Crippen molar-refractivity contribution in [2.24, 2.45) is 5.73 Å². The molecule has 0 fully saturated rings. The molecule has 1 unspecified atom stereocenters. The van der Waals surface area contributed by atoms with E-state index < -0.39 is 0 Å². The van der Waals surface area contributed by atoms with Crippen LogP contribution in [0.25, 0.3) is 4.96 Å². The maximum atomic E-state index is 6.30. The molecule has 5 nitrogen and oxygen atoms in total. The highest BCUT2D eigenvalue weighted by Gasteiger charge is 2.15. The van der Waals surface area contributed by atoms with E-state index in [9.17, 15) is 0 Å². The number of nitrogens with zero attached hydrogens (tertiary/aromatic N) is 4. The van der Waals surface area contributed by atoms with Crippen LogP contribution < -0.4 is 5.73 Å². The first kappa shape index (κ1) is 12.4. The van der Waals surface area contributed by atoms with Crippen LogP contribution in [-0.4, -0.2) is 19.2 Å². The minimum Gasteiger partial charge on any atom is -0.322 e. The van der Waals surface area contributed by atoms with E-state index >= 15 is 0 Å². The number of aryl methyl sites for hydroxylation is 2. The number of hydrogen-bond acceptors (Lipinski definition) is 4. The third-order valence-electron chi connectivity index (χ3n) is 3.18. The molecule has 3 aromatic heterocycles. The summed E-state index contributed by atoms with van der Waals surface area (Å²) in [6, 6.07) is 2.00. The topological polar surface area (TPSA) is 61.1 Å². The second-order valence-corrected chi connectivity index (χ2v) is 5.54. The number of nitrogens with two attached hydrogens (primary N) is 1. The van der Waals surface area contributed by atoms with Crippen molar-refractivity contribution in [1.29, 1.82) is 0 Å². The van der Waals surface area contributed by atoms with Crippen LogP contribution in [0.4, 0.5) is 0 Å². The molecule has 0 bridgehead atoms. The Bertz CT molecular complexity index is 664. The summed E-state index contributed by atoms with van der Waals surface area (Å²) in [5.41, 5.74) is 9.42. The fourth-order valence-electron chi connectivity index (χ4n) is 2.32. The van der Waals surface area contributed by atoms with Crippen LogP contribution in [0.1, 0.15) is 30.0 Å². The molecule has 3 heterocycles. The molecule has 100 valence electrons. The highest BCUT2D eigenvalue weighted by molar-refractivity contribution is 7.15. The van der Waals surface area contributed by atoms with Gasteiger partial charge in [-0.3, -0.25) is 9.08 Å². The average Bonchev–Trinajstić information content (AvgIpc) is 3.02. The van der Waals surface area contributed by atoms with Crippen molar-refractivity contribution in [3.63, 3.8) is 0 Å². The van der Waals surface area contributed by atoms with Crippen molar-refractivity contribution in [3.8, 4) is 0 Å². The maximum absolute atomic E-state index is 6.30. The van der Waals surface area contributed by atoms with E-state index in [4.69, 9.17) is 5.73 Å². The Morgan fingerprint density at radius 3 is 3.05 bits per heavy atom. The molecule has 0 aliphatic rings. The Kier molecular flexibility index (Phi) is 3.12.